The van der Waals surface area contributed by atoms with Crippen LogP contribution in [0.2, 0.25) is 0 Å². The SMILES string of the molecule is Cc1nn(C(C)C(=O)Nc2ccccc2F)c(=O)c2c1sc1ccccc12. The topological polar surface area (TPSA) is 64.0 Å². The van der Waals surface area contributed by atoms with Crippen LogP contribution in [0.5, 0.6) is 0 Å². The van der Waals surface area contributed by atoms with Gasteiger partial charge in [0, 0.05) is 10.1 Å². The average molecular weight is 381 g/mol. The number of hydrogen-bond acceptors (Lipinski definition) is 4. The number of aromatic nitrogens is 2. The van der Waals surface area contributed by atoms with Crippen LogP contribution >= 0.6 is 11.3 Å². The summed E-state index contributed by atoms with van der Waals surface area (Å²) >= 11 is 1.51. The summed E-state index contributed by atoms with van der Waals surface area (Å²) in [5, 5.41) is 8.28. The Labute approximate surface area is 158 Å². The van der Waals surface area contributed by atoms with Gasteiger partial charge in [-0.25, -0.2) is 9.07 Å². The molecule has 27 heavy (non-hydrogen) atoms. The lowest BCUT2D eigenvalue weighted by Crippen LogP contribution is -2.34. The second kappa shape index (κ2) is 6.59. The minimum Gasteiger partial charge on any atom is -0.322 e. The molecule has 2 heterocycles. The third kappa shape index (κ3) is 2.90. The highest BCUT2D eigenvalue weighted by molar-refractivity contribution is 7.26. The Morgan fingerprint density at radius 1 is 1.19 bits per heavy atom. The molecule has 0 aliphatic carbocycles. The molecule has 0 bridgehead atoms. The molecule has 0 fully saturated rings. The predicted octanol–water partition coefficient (Wildman–Crippen LogP) is 4.26. The summed E-state index contributed by atoms with van der Waals surface area (Å²) in [6.07, 6.45) is 0. The number of hydrogen-bond donors (Lipinski definition) is 1. The van der Waals surface area contributed by atoms with Crippen molar-refractivity contribution in [2.24, 2.45) is 0 Å². The highest BCUT2D eigenvalue weighted by Gasteiger charge is 2.22. The van der Waals surface area contributed by atoms with Gasteiger partial charge in [-0.15, -0.1) is 11.3 Å². The number of thiophene rings is 1. The molecule has 4 rings (SSSR count). The van der Waals surface area contributed by atoms with Crippen LogP contribution in [0.3, 0.4) is 0 Å². The van der Waals surface area contributed by atoms with E-state index in [2.05, 4.69) is 10.4 Å². The molecule has 7 heteroatoms. The van der Waals surface area contributed by atoms with Crippen LogP contribution < -0.4 is 10.9 Å². The van der Waals surface area contributed by atoms with Crippen molar-refractivity contribution in [1.29, 1.82) is 0 Å². The zero-order chi connectivity index (χ0) is 19.1. The molecule has 1 amide bonds. The van der Waals surface area contributed by atoms with Gasteiger partial charge in [-0.3, -0.25) is 9.59 Å². The fourth-order valence-corrected chi connectivity index (χ4v) is 4.19. The highest BCUT2D eigenvalue weighted by atomic mass is 32.1. The second-order valence-electron chi connectivity index (χ2n) is 6.28. The van der Waals surface area contributed by atoms with Crippen LogP contribution in [0, 0.1) is 12.7 Å². The van der Waals surface area contributed by atoms with Gasteiger partial charge in [-0.2, -0.15) is 5.10 Å². The molecule has 1 N–H and O–H groups in total. The summed E-state index contributed by atoms with van der Waals surface area (Å²) in [5.74, 6) is -1.04. The molecule has 2 aromatic carbocycles. The van der Waals surface area contributed by atoms with Crippen LogP contribution in [-0.4, -0.2) is 15.7 Å². The Kier molecular flexibility index (Phi) is 4.24. The molecule has 2 aromatic heterocycles. The molecule has 5 nitrogen and oxygen atoms in total. The number of para-hydroxylation sites is 1. The van der Waals surface area contributed by atoms with E-state index < -0.39 is 17.8 Å². The van der Waals surface area contributed by atoms with Crippen LogP contribution in [-0.2, 0) is 4.79 Å². The van der Waals surface area contributed by atoms with Gasteiger partial charge >= 0.3 is 0 Å². The molecule has 1 unspecified atom stereocenters. The van der Waals surface area contributed by atoms with Crippen LogP contribution in [0.1, 0.15) is 18.7 Å². The van der Waals surface area contributed by atoms with E-state index >= 15 is 0 Å². The van der Waals surface area contributed by atoms with Crippen molar-refractivity contribution < 1.29 is 9.18 Å². The fraction of sp³-hybridized carbons (Fsp3) is 0.150. The van der Waals surface area contributed by atoms with E-state index in [1.54, 1.807) is 19.1 Å². The number of carbonyl (C=O) groups is 1. The molecule has 0 saturated carbocycles. The van der Waals surface area contributed by atoms with Crippen LogP contribution in [0.15, 0.2) is 53.3 Å². The number of amides is 1. The molecule has 4 aromatic rings. The van der Waals surface area contributed by atoms with Gasteiger partial charge in [0.2, 0.25) is 5.91 Å². The molecular formula is C20H16FN3O2S. The van der Waals surface area contributed by atoms with Gasteiger partial charge in [0.1, 0.15) is 11.9 Å². The smallest absolute Gasteiger partial charge is 0.276 e. The maximum absolute atomic E-state index is 13.8. The zero-order valence-electron chi connectivity index (χ0n) is 14.7. The molecule has 0 saturated heterocycles. The summed E-state index contributed by atoms with van der Waals surface area (Å²) in [4.78, 5) is 25.7. The Morgan fingerprint density at radius 3 is 2.67 bits per heavy atom. The van der Waals surface area contributed by atoms with Gasteiger partial charge in [0.05, 0.1) is 21.5 Å². The first-order valence-electron chi connectivity index (χ1n) is 8.43. The summed E-state index contributed by atoms with van der Waals surface area (Å²) in [5.41, 5.74) is 0.418. The normalized spacial score (nSPS) is 12.4. The third-order valence-corrected chi connectivity index (χ3v) is 5.76. The summed E-state index contributed by atoms with van der Waals surface area (Å²) < 4.78 is 16.8. The standard InChI is InChI=1S/C20H16FN3O2S/c1-11-18-17(13-7-3-6-10-16(13)27-18)20(26)24(23-11)12(2)19(25)22-15-9-5-4-8-14(15)21/h3-10,12H,1-2H3,(H,22,25). The van der Waals surface area contributed by atoms with E-state index in [9.17, 15) is 14.0 Å². The van der Waals surface area contributed by atoms with Crippen molar-refractivity contribution in [1.82, 2.24) is 9.78 Å². The molecule has 136 valence electrons. The number of anilines is 1. The Bertz CT molecular complexity index is 1250. The quantitative estimate of drug-likeness (QED) is 0.577. The number of fused-ring (bicyclic) bond motifs is 3. The number of nitrogens with one attached hydrogen (secondary N) is 1. The summed E-state index contributed by atoms with van der Waals surface area (Å²) in [7, 11) is 0. The first-order valence-corrected chi connectivity index (χ1v) is 9.25. The van der Waals surface area contributed by atoms with E-state index in [0.717, 1.165) is 14.8 Å². The maximum atomic E-state index is 13.8. The molecule has 0 aliphatic heterocycles. The number of benzene rings is 2. The zero-order valence-corrected chi connectivity index (χ0v) is 15.5. The van der Waals surface area contributed by atoms with E-state index in [-0.39, 0.29) is 11.2 Å². The number of aryl methyl sites for hydroxylation is 1. The molecule has 1 atom stereocenters. The Morgan fingerprint density at radius 2 is 1.89 bits per heavy atom. The molecule has 0 radical (unpaired) electrons. The minimum absolute atomic E-state index is 0.0705. The predicted molar refractivity (Wildman–Crippen MR) is 106 cm³/mol. The van der Waals surface area contributed by atoms with Crippen molar-refractivity contribution in [3.63, 3.8) is 0 Å². The van der Waals surface area contributed by atoms with Gasteiger partial charge in [-0.1, -0.05) is 30.3 Å². The molecular weight excluding hydrogens is 365 g/mol. The van der Waals surface area contributed by atoms with Gasteiger partial charge in [0.25, 0.3) is 5.56 Å². The van der Waals surface area contributed by atoms with Gasteiger partial charge < -0.3 is 5.32 Å². The van der Waals surface area contributed by atoms with Crippen molar-refractivity contribution in [2.45, 2.75) is 19.9 Å². The van der Waals surface area contributed by atoms with E-state index in [0.29, 0.717) is 11.1 Å². The minimum atomic E-state index is -0.890. The molecule has 0 spiro atoms. The second-order valence-corrected chi connectivity index (χ2v) is 7.33. The fourth-order valence-electron chi connectivity index (χ4n) is 3.05. The van der Waals surface area contributed by atoms with Crippen LogP contribution in [0.25, 0.3) is 20.2 Å². The van der Waals surface area contributed by atoms with E-state index in [4.69, 9.17) is 0 Å². The summed E-state index contributed by atoms with van der Waals surface area (Å²) in [6.45, 7) is 3.39. The number of rotatable bonds is 3. The van der Waals surface area contributed by atoms with Gasteiger partial charge in [-0.05, 0) is 32.0 Å². The third-order valence-electron chi connectivity index (χ3n) is 4.48. The largest absolute Gasteiger partial charge is 0.322 e. The lowest BCUT2D eigenvalue weighted by atomic mass is 10.2. The van der Waals surface area contributed by atoms with E-state index in [1.165, 1.54) is 28.2 Å². The lowest BCUT2D eigenvalue weighted by molar-refractivity contribution is -0.119. The van der Waals surface area contributed by atoms with Gasteiger partial charge in [0.15, 0.2) is 0 Å². The number of halogens is 1. The lowest BCUT2D eigenvalue weighted by Gasteiger charge is -2.15. The first-order chi connectivity index (χ1) is 13.0. The molecule has 0 aliphatic rings. The van der Waals surface area contributed by atoms with Crippen molar-refractivity contribution in [2.75, 3.05) is 5.32 Å². The van der Waals surface area contributed by atoms with Crippen LogP contribution in [0.4, 0.5) is 10.1 Å². The Hall–Kier alpha value is -3.06. The number of nitrogens with zero attached hydrogens (tertiary/aromatic N) is 2. The van der Waals surface area contributed by atoms with Crippen molar-refractivity contribution in [3.8, 4) is 0 Å². The highest BCUT2D eigenvalue weighted by Crippen LogP contribution is 2.32. The summed E-state index contributed by atoms with van der Waals surface area (Å²) in [6, 6.07) is 12.7. The van der Waals surface area contributed by atoms with E-state index in [1.807, 2.05) is 31.2 Å². The maximum Gasteiger partial charge on any atom is 0.276 e. The van der Waals surface area contributed by atoms with Crippen molar-refractivity contribution in [3.05, 3.63) is 70.4 Å². The van der Waals surface area contributed by atoms with Crippen molar-refractivity contribution >= 4 is 43.1 Å². The Balaban J connectivity index is 1.80. The number of carbonyl (C=O) groups excluding carboxylic acids is 1. The average Bonchev–Trinajstić information content (AvgIpc) is 3.06. The monoisotopic (exact) mass is 381 g/mol. The first kappa shape index (κ1) is 17.4.